The maximum Gasteiger partial charge on any atom is 0.308 e. The van der Waals surface area contributed by atoms with Gasteiger partial charge in [0, 0.05) is 19.0 Å². The van der Waals surface area contributed by atoms with E-state index in [1.807, 2.05) is 6.07 Å². The molecule has 0 radical (unpaired) electrons. The second-order valence-electron chi connectivity index (χ2n) is 7.27. The van der Waals surface area contributed by atoms with Gasteiger partial charge in [-0.1, -0.05) is 6.07 Å². The number of carboxylic acid groups (broad SMARTS) is 1. The third kappa shape index (κ3) is 3.77. The van der Waals surface area contributed by atoms with E-state index in [1.165, 1.54) is 10.5 Å². The van der Waals surface area contributed by atoms with Gasteiger partial charge in [0.2, 0.25) is 5.91 Å². The SMILES string of the molecule is C[C@@H]1[C@H](C(=O)O)CCCN1C(=O)CCS(=O)(=O)c1ccc2c(c1)CCC2. The van der Waals surface area contributed by atoms with Crippen LogP contribution in [-0.4, -0.2) is 48.6 Å². The Balaban J connectivity index is 1.66. The number of carbonyl (C=O) groups is 2. The smallest absolute Gasteiger partial charge is 0.308 e. The molecule has 2 aliphatic rings. The standard InChI is InChI=1S/C19H25NO5S/c1-13-17(19(22)23)6-3-10-20(13)18(21)9-11-26(24,25)16-8-7-14-4-2-5-15(14)12-16/h7-8,12-13,17H,2-6,9-11H2,1H3,(H,22,23)/t13-,17-/m1/s1. The van der Waals surface area contributed by atoms with Crippen LogP contribution in [0.3, 0.4) is 0 Å². The minimum atomic E-state index is -3.53. The molecule has 0 aromatic heterocycles. The fraction of sp³-hybridized carbons (Fsp3) is 0.579. The lowest BCUT2D eigenvalue weighted by atomic mass is 9.90. The molecule has 1 fully saturated rings. The van der Waals surface area contributed by atoms with E-state index >= 15 is 0 Å². The van der Waals surface area contributed by atoms with Gasteiger partial charge in [-0.15, -0.1) is 0 Å². The molecule has 1 aliphatic carbocycles. The maximum atomic E-state index is 12.6. The molecule has 6 nitrogen and oxygen atoms in total. The highest BCUT2D eigenvalue weighted by molar-refractivity contribution is 7.91. The Hall–Kier alpha value is -1.89. The fourth-order valence-corrected chi connectivity index (χ4v) is 5.33. The van der Waals surface area contributed by atoms with Crippen LogP contribution in [0.5, 0.6) is 0 Å². The molecule has 1 aromatic carbocycles. The number of carbonyl (C=O) groups excluding carboxylic acids is 1. The van der Waals surface area contributed by atoms with E-state index in [-0.39, 0.29) is 23.0 Å². The average Bonchev–Trinajstić information content (AvgIpc) is 3.07. The van der Waals surface area contributed by atoms with E-state index in [0.29, 0.717) is 19.4 Å². The summed E-state index contributed by atoms with van der Waals surface area (Å²) in [6.07, 6.45) is 4.01. The van der Waals surface area contributed by atoms with Crippen molar-refractivity contribution in [2.75, 3.05) is 12.3 Å². The Morgan fingerprint density at radius 2 is 1.92 bits per heavy atom. The normalized spacial score (nSPS) is 22.9. The highest BCUT2D eigenvalue weighted by Crippen LogP contribution is 2.27. The lowest BCUT2D eigenvalue weighted by molar-refractivity contribution is -0.149. The van der Waals surface area contributed by atoms with Gasteiger partial charge < -0.3 is 10.0 Å². The van der Waals surface area contributed by atoms with E-state index in [0.717, 1.165) is 24.8 Å². The minimum Gasteiger partial charge on any atom is -0.481 e. The van der Waals surface area contributed by atoms with E-state index < -0.39 is 27.8 Å². The Kier molecular flexibility index (Phi) is 5.37. The van der Waals surface area contributed by atoms with Crippen LogP contribution in [0, 0.1) is 5.92 Å². The highest BCUT2D eigenvalue weighted by Gasteiger charge is 2.35. The molecule has 1 aromatic rings. The predicted molar refractivity (Wildman–Crippen MR) is 96.7 cm³/mol. The van der Waals surface area contributed by atoms with Crippen molar-refractivity contribution < 1.29 is 23.1 Å². The average molecular weight is 379 g/mol. The van der Waals surface area contributed by atoms with Crippen LogP contribution in [0.1, 0.15) is 43.7 Å². The highest BCUT2D eigenvalue weighted by atomic mass is 32.2. The Labute approximate surface area is 154 Å². The molecule has 0 saturated carbocycles. The maximum absolute atomic E-state index is 12.6. The van der Waals surface area contributed by atoms with Crippen molar-refractivity contribution in [3.05, 3.63) is 29.3 Å². The summed E-state index contributed by atoms with van der Waals surface area (Å²) in [5.41, 5.74) is 2.30. The number of nitrogens with zero attached hydrogens (tertiary/aromatic N) is 1. The third-order valence-corrected chi connectivity index (χ3v) is 7.35. The topological polar surface area (TPSA) is 91.8 Å². The predicted octanol–water partition coefficient (Wildman–Crippen LogP) is 2.05. The van der Waals surface area contributed by atoms with E-state index in [1.54, 1.807) is 19.1 Å². The monoisotopic (exact) mass is 379 g/mol. The number of piperidine rings is 1. The zero-order valence-electron chi connectivity index (χ0n) is 15.0. The molecular formula is C19H25NO5S. The van der Waals surface area contributed by atoms with E-state index in [2.05, 4.69) is 0 Å². The van der Waals surface area contributed by atoms with E-state index in [4.69, 9.17) is 0 Å². The summed E-state index contributed by atoms with van der Waals surface area (Å²) < 4.78 is 25.2. The number of hydrogen-bond donors (Lipinski definition) is 1. The molecule has 3 rings (SSSR count). The van der Waals surface area contributed by atoms with Gasteiger partial charge in [-0.3, -0.25) is 9.59 Å². The molecule has 1 aliphatic heterocycles. The van der Waals surface area contributed by atoms with Crippen LogP contribution < -0.4 is 0 Å². The van der Waals surface area contributed by atoms with Crippen molar-refractivity contribution in [3.8, 4) is 0 Å². The summed E-state index contributed by atoms with van der Waals surface area (Å²) in [6.45, 7) is 2.22. The molecule has 0 spiro atoms. The summed E-state index contributed by atoms with van der Waals surface area (Å²) in [5, 5.41) is 9.26. The Bertz CT molecular complexity index is 817. The van der Waals surface area contributed by atoms with E-state index in [9.17, 15) is 23.1 Å². The number of likely N-dealkylation sites (tertiary alicyclic amines) is 1. The summed E-state index contributed by atoms with van der Waals surface area (Å²) >= 11 is 0. The molecule has 7 heteroatoms. The van der Waals surface area contributed by atoms with Gasteiger partial charge in [0.05, 0.1) is 16.6 Å². The molecule has 1 amide bonds. The zero-order chi connectivity index (χ0) is 18.9. The third-order valence-electron chi connectivity index (χ3n) is 5.64. The number of aryl methyl sites for hydroxylation is 2. The van der Waals surface area contributed by atoms with Gasteiger partial charge in [-0.05, 0) is 62.3 Å². The number of hydrogen-bond acceptors (Lipinski definition) is 4. The molecule has 0 bridgehead atoms. The van der Waals surface area contributed by atoms with Crippen molar-refractivity contribution in [3.63, 3.8) is 0 Å². The number of amides is 1. The van der Waals surface area contributed by atoms with Crippen molar-refractivity contribution in [2.45, 2.75) is 56.4 Å². The van der Waals surface area contributed by atoms with Crippen LogP contribution >= 0.6 is 0 Å². The molecule has 142 valence electrons. The first-order chi connectivity index (χ1) is 12.3. The van der Waals surface area contributed by atoms with Gasteiger partial charge in [0.1, 0.15) is 0 Å². The summed E-state index contributed by atoms with van der Waals surface area (Å²) in [4.78, 5) is 25.6. The number of rotatable bonds is 5. The number of aliphatic carboxylic acids is 1. The Morgan fingerprint density at radius 3 is 2.65 bits per heavy atom. The first kappa shape index (κ1) is 18.9. The summed E-state index contributed by atoms with van der Waals surface area (Å²) in [6, 6.07) is 4.85. The van der Waals surface area contributed by atoms with Crippen molar-refractivity contribution in [1.82, 2.24) is 4.90 Å². The molecule has 1 heterocycles. The molecule has 2 atom stereocenters. The van der Waals surface area contributed by atoms with Crippen LogP contribution in [0.15, 0.2) is 23.1 Å². The largest absolute Gasteiger partial charge is 0.481 e. The zero-order valence-corrected chi connectivity index (χ0v) is 15.8. The van der Waals surface area contributed by atoms with Crippen molar-refractivity contribution in [2.24, 2.45) is 5.92 Å². The van der Waals surface area contributed by atoms with Gasteiger partial charge in [-0.2, -0.15) is 0 Å². The molecule has 1 N–H and O–H groups in total. The minimum absolute atomic E-state index is 0.115. The number of carboxylic acids is 1. The van der Waals surface area contributed by atoms with Crippen LogP contribution in [0.2, 0.25) is 0 Å². The quantitative estimate of drug-likeness (QED) is 0.845. The van der Waals surface area contributed by atoms with Crippen LogP contribution in [-0.2, 0) is 32.3 Å². The lowest BCUT2D eigenvalue weighted by Gasteiger charge is -2.37. The van der Waals surface area contributed by atoms with Crippen LogP contribution in [0.4, 0.5) is 0 Å². The van der Waals surface area contributed by atoms with Gasteiger partial charge in [-0.25, -0.2) is 8.42 Å². The number of benzene rings is 1. The summed E-state index contributed by atoms with van der Waals surface area (Å²) in [5.74, 6) is -2.01. The molecule has 0 unspecified atom stereocenters. The molecule has 26 heavy (non-hydrogen) atoms. The fourth-order valence-electron chi connectivity index (χ4n) is 4.05. The summed E-state index contributed by atoms with van der Waals surface area (Å²) in [7, 11) is -3.53. The second-order valence-corrected chi connectivity index (χ2v) is 9.38. The van der Waals surface area contributed by atoms with Crippen molar-refractivity contribution in [1.29, 1.82) is 0 Å². The second kappa shape index (κ2) is 7.39. The first-order valence-corrected chi connectivity index (χ1v) is 10.8. The van der Waals surface area contributed by atoms with Crippen molar-refractivity contribution >= 4 is 21.7 Å². The van der Waals surface area contributed by atoms with Gasteiger partial charge >= 0.3 is 5.97 Å². The van der Waals surface area contributed by atoms with Gasteiger partial charge in [0.25, 0.3) is 0 Å². The number of sulfone groups is 1. The number of fused-ring (bicyclic) bond motifs is 1. The molecule has 1 saturated heterocycles. The molecular weight excluding hydrogens is 354 g/mol. The Morgan fingerprint density at radius 1 is 1.19 bits per heavy atom. The van der Waals surface area contributed by atoms with Gasteiger partial charge in [0.15, 0.2) is 9.84 Å². The first-order valence-electron chi connectivity index (χ1n) is 9.16. The lowest BCUT2D eigenvalue weighted by Crippen LogP contribution is -2.49. The van der Waals surface area contributed by atoms with Crippen LogP contribution in [0.25, 0.3) is 0 Å².